The highest BCUT2D eigenvalue weighted by molar-refractivity contribution is 7.07. The van der Waals surface area contributed by atoms with E-state index in [-0.39, 0.29) is 0 Å². The van der Waals surface area contributed by atoms with Crippen LogP contribution in [0.25, 0.3) is 0 Å². The molecule has 22 heavy (non-hydrogen) atoms. The highest BCUT2D eigenvalue weighted by Crippen LogP contribution is 2.25. The maximum absolute atomic E-state index is 9.17. The third kappa shape index (κ3) is 4.29. The first kappa shape index (κ1) is 15.5. The number of thiazole rings is 1. The highest BCUT2D eigenvalue weighted by atomic mass is 32.1. The molecule has 0 saturated heterocycles. The van der Waals surface area contributed by atoms with Gasteiger partial charge in [0.25, 0.3) is 0 Å². The lowest BCUT2D eigenvalue weighted by atomic mass is 10.1. The largest absolute Gasteiger partial charge is 0.487 e. The number of aliphatic hydroxyl groups excluding tert-OH is 1. The predicted octanol–water partition coefficient (Wildman–Crippen LogP) is 2.97. The monoisotopic (exact) mass is 318 g/mol. The van der Waals surface area contributed by atoms with Crippen molar-refractivity contribution in [2.45, 2.75) is 38.5 Å². The summed E-state index contributed by atoms with van der Waals surface area (Å²) in [6.45, 7) is 1.71. The topological polar surface area (TPSA) is 54.4 Å². The van der Waals surface area contributed by atoms with Crippen LogP contribution in [0.3, 0.4) is 0 Å². The zero-order valence-electron chi connectivity index (χ0n) is 12.6. The van der Waals surface area contributed by atoms with Crippen LogP contribution >= 0.6 is 11.3 Å². The SMILES string of the molecule is OC[C@@H]1CC[C@H](NCc2ccc(OCc3cscn3)cc2)C1. The van der Waals surface area contributed by atoms with Gasteiger partial charge in [0.1, 0.15) is 12.4 Å². The lowest BCUT2D eigenvalue weighted by Crippen LogP contribution is -2.26. The zero-order valence-corrected chi connectivity index (χ0v) is 13.4. The normalized spacial score (nSPS) is 21.1. The standard InChI is InChI=1S/C17H22N2O2S/c20-9-14-1-4-15(7-14)18-8-13-2-5-17(6-3-13)21-10-16-11-22-12-19-16/h2-3,5-6,11-12,14-15,18,20H,1,4,7-10H2/t14-,15+/m1/s1. The summed E-state index contributed by atoms with van der Waals surface area (Å²) in [5.41, 5.74) is 4.04. The van der Waals surface area contributed by atoms with Crippen molar-refractivity contribution in [1.82, 2.24) is 10.3 Å². The van der Waals surface area contributed by atoms with Gasteiger partial charge in [0.2, 0.25) is 0 Å². The van der Waals surface area contributed by atoms with E-state index in [4.69, 9.17) is 4.74 Å². The zero-order chi connectivity index (χ0) is 15.2. The van der Waals surface area contributed by atoms with Crippen LogP contribution in [0.5, 0.6) is 5.75 Å². The molecule has 0 aliphatic heterocycles. The fourth-order valence-electron chi connectivity index (χ4n) is 2.86. The summed E-state index contributed by atoms with van der Waals surface area (Å²) in [6.07, 6.45) is 3.39. The average molecular weight is 318 g/mol. The van der Waals surface area contributed by atoms with Crippen molar-refractivity contribution in [2.24, 2.45) is 5.92 Å². The van der Waals surface area contributed by atoms with Crippen molar-refractivity contribution in [2.75, 3.05) is 6.61 Å². The molecule has 2 atom stereocenters. The Kier molecular flexibility index (Phi) is 5.43. The number of aliphatic hydroxyl groups is 1. The van der Waals surface area contributed by atoms with Crippen LogP contribution < -0.4 is 10.1 Å². The van der Waals surface area contributed by atoms with E-state index in [1.165, 1.54) is 12.0 Å². The van der Waals surface area contributed by atoms with E-state index < -0.39 is 0 Å². The summed E-state index contributed by atoms with van der Waals surface area (Å²) in [5, 5.41) is 14.7. The molecule has 1 fully saturated rings. The lowest BCUT2D eigenvalue weighted by Gasteiger charge is -2.13. The van der Waals surface area contributed by atoms with Crippen LogP contribution in [0.4, 0.5) is 0 Å². The van der Waals surface area contributed by atoms with Gasteiger partial charge in [-0.25, -0.2) is 4.98 Å². The molecule has 0 amide bonds. The Hall–Kier alpha value is -1.43. The van der Waals surface area contributed by atoms with Gasteiger partial charge in [-0.3, -0.25) is 0 Å². The van der Waals surface area contributed by atoms with Gasteiger partial charge in [0, 0.05) is 24.6 Å². The summed E-state index contributed by atoms with van der Waals surface area (Å²) >= 11 is 1.58. The second-order valence-corrected chi connectivity index (χ2v) is 6.57. The molecule has 2 N–H and O–H groups in total. The van der Waals surface area contributed by atoms with Crippen molar-refractivity contribution in [3.8, 4) is 5.75 Å². The summed E-state index contributed by atoms with van der Waals surface area (Å²) in [6, 6.07) is 8.75. The minimum absolute atomic E-state index is 0.323. The molecule has 1 aliphatic rings. The Bertz CT molecular complexity index is 557. The number of benzene rings is 1. The number of hydrogen-bond donors (Lipinski definition) is 2. The van der Waals surface area contributed by atoms with E-state index >= 15 is 0 Å². The van der Waals surface area contributed by atoms with Crippen LogP contribution in [-0.4, -0.2) is 22.7 Å². The number of hydrogen-bond acceptors (Lipinski definition) is 5. The number of ether oxygens (including phenoxy) is 1. The van der Waals surface area contributed by atoms with E-state index in [0.29, 0.717) is 25.2 Å². The Labute approximate surface area is 135 Å². The Balaban J connectivity index is 1.43. The van der Waals surface area contributed by atoms with E-state index in [0.717, 1.165) is 30.8 Å². The van der Waals surface area contributed by atoms with Gasteiger partial charge in [-0.1, -0.05) is 12.1 Å². The van der Waals surface area contributed by atoms with Gasteiger partial charge in [-0.2, -0.15) is 0 Å². The van der Waals surface area contributed by atoms with E-state index in [1.54, 1.807) is 11.3 Å². The molecule has 118 valence electrons. The van der Waals surface area contributed by atoms with Crippen molar-refractivity contribution < 1.29 is 9.84 Å². The molecular formula is C17H22N2O2S. The Morgan fingerprint density at radius 1 is 1.27 bits per heavy atom. The summed E-state index contributed by atoms with van der Waals surface area (Å²) in [5.74, 6) is 1.36. The molecule has 2 aromatic rings. The molecular weight excluding hydrogens is 296 g/mol. The number of nitrogens with one attached hydrogen (secondary N) is 1. The molecule has 1 heterocycles. The lowest BCUT2D eigenvalue weighted by molar-refractivity contribution is 0.227. The fraction of sp³-hybridized carbons (Fsp3) is 0.471. The third-order valence-corrected chi connectivity index (χ3v) is 4.82. The van der Waals surface area contributed by atoms with Crippen LogP contribution in [0.1, 0.15) is 30.5 Å². The van der Waals surface area contributed by atoms with Crippen LogP contribution in [-0.2, 0) is 13.2 Å². The molecule has 1 aromatic heterocycles. The maximum atomic E-state index is 9.17. The van der Waals surface area contributed by atoms with Crippen molar-refractivity contribution >= 4 is 11.3 Å². The predicted molar refractivity (Wildman–Crippen MR) is 87.9 cm³/mol. The van der Waals surface area contributed by atoms with E-state index in [2.05, 4.69) is 22.4 Å². The van der Waals surface area contributed by atoms with Gasteiger partial charge in [0.15, 0.2) is 0 Å². The summed E-state index contributed by atoms with van der Waals surface area (Å²) in [4.78, 5) is 4.20. The summed E-state index contributed by atoms with van der Waals surface area (Å²) < 4.78 is 5.71. The van der Waals surface area contributed by atoms with E-state index in [9.17, 15) is 5.11 Å². The van der Waals surface area contributed by atoms with Crippen LogP contribution in [0.2, 0.25) is 0 Å². The van der Waals surface area contributed by atoms with Crippen molar-refractivity contribution in [1.29, 1.82) is 0 Å². The molecule has 5 heteroatoms. The summed E-state index contributed by atoms with van der Waals surface area (Å²) in [7, 11) is 0. The highest BCUT2D eigenvalue weighted by Gasteiger charge is 2.23. The molecule has 3 rings (SSSR count). The number of nitrogens with zero attached hydrogens (tertiary/aromatic N) is 1. The van der Waals surface area contributed by atoms with Gasteiger partial charge >= 0.3 is 0 Å². The molecule has 0 unspecified atom stereocenters. The first-order valence-corrected chi connectivity index (χ1v) is 8.71. The first-order chi connectivity index (χ1) is 10.8. The van der Waals surface area contributed by atoms with Crippen LogP contribution in [0.15, 0.2) is 35.2 Å². The maximum Gasteiger partial charge on any atom is 0.131 e. The van der Waals surface area contributed by atoms with Crippen molar-refractivity contribution in [3.63, 3.8) is 0 Å². The Morgan fingerprint density at radius 2 is 2.14 bits per heavy atom. The van der Waals surface area contributed by atoms with Crippen LogP contribution in [0, 0.1) is 5.92 Å². The fourth-order valence-corrected chi connectivity index (χ4v) is 3.40. The van der Waals surface area contributed by atoms with Crippen molar-refractivity contribution in [3.05, 3.63) is 46.4 Å². The van der Waals surface area contributed by atoms with E-state index in [1.807, 2.05) is 23.0 Å². The number of rotatable bonds is 7. The molecule has 0 bridgehead atoms. The van der Waals surface area contributed by atoms with Gasteiger partial charge in [-0.05, 0) is 42.9 Å². The molecule has 0 spiro atoms. The molecule has 1 aromatic carbocycles. The minimum atomic E-state index is 0.323. The average Bonchev–Trinajstić information content (AvgIpc) is 3.23. The first-order valence-electron chi connectivity index (χ1n) is 7.76. The second-order valence-electron chi connectivity index (χ2n) is 5.85. The number of aromatic nitrogens is 1. The molecule has 1 saturated carbocycles. The van der Waals surface area contributed by atoms with Gasteiger partial charge in [-0.15, -0.1) is 11.3 Å². The second kappa shape index (κ2) is 7.72. The smallest absolute Gasteiger partial charge is 0.131 e. The third-order valence-electron chi connectivity index (χ3n) is 4.19. The quantitative estimate of drug-likeness (QED) is 0.824. The molecule has 0 radical (unpaired) electrons. The Morgan fingerprint density at radius 3 is 2.82 bits per heavy atom. The minimum Gasteiger partial charge on any atom is -0.487 e. The molecule has 4 nitrogen and oxygen atoms in total. The molecule has 1 aliphatic carbocycles. The van der Waals surface area contributed by atoms with Gasteiger partial charge in [0.05, 0.1) is 11.2 Å². The van der Waals surface area contributed by atoms with Gasteiger partial charge < -0.3 is 15.2 Å².